The maximum Gasteiger partial charge on any atom is 0.0702 e. The van der Waals surface area contributed by atoms with Gasteiger partial charge < -0.3 is 5.73 Å². The molecule has 2 N–H and O–H groups in total. The van der Waals surface area contributed by atoms with Gasteiger partial charge in [-0.05, 0) is 91.2 Å². The van der Waals surface area contributed by atoms with Crippen LogP contribution >= 0.6 is 0 Å². The first kappa shape index (κ1) is 27.4. The number of hydrogen-bond acceptors (Lipinski definition) is 2. The summed E-state index contributed by atoms with van der Waals surface area (Å²) in [5, 5.41) is 7.53. The highest BCUT2D eigenvalue weighted by Gasteiger charge is 2.13. The van der Waals surface area contributed by atoms with Crippen LogP contribution in [0.5, 0.6) is 0 Å². The Morgan fingerprint density at radius 1 is 0.591 bits per heavy atom. The molecule has 1 aromatic heterocycles. The second kappa shape index (κ2) is 12.0. The summed E-state index contributed by atoms with van der Waals surface area (Å²) < 4.78 is 0. The number of rotatable bonds is 7. The fraction of sp³-hybridized carbons (Fsp3) is 0.0714. The molecule has 0 spiro atoms. The van der Waals surface area contributed by atoms with Gasteiger partial charge in [-0.1, -0.05) is 128 Å². The van der Waals surface area contributed by atoms with Gasteiger partial charge in [-0.3, -0.25) is 4.98 Å². The van der Waals surface area contributed by atoms with E-state index in [9.17, 15) is 0 Å². The van der Waals surface area contributed by atoms with Crippen LogP contribution in [0.1, 0.15) is 23.6 Å². The molecule has 0 aliphatic rings. The normalized spacial score (nSPS) is 12.1. The average Bonchev–Trinajstić information content (AvgIpc) is 3.10. The molecule has 0 saturated heterocycles. The Morgan fingerprint density at radius 2 is 1.25 bits per heavy atom. The summed E-state index contributed by atoms with van der Waals surface area (Å²) in [6, 6.07) is 45.6. The molecule has 0 amide bonds. The molecule has 7 aromatic rings. The van der Waals surface area contributed by atoms with E-state index in [0.29, 0.717) is 0 Å². The number of benzene rings is 6. The van der Waals surface area contributed by atoms with E-state index in [4.69, 9.17) is 10.7 Å². The number of nitrogens with two attached hydrogens (primary N) is 1. The number of aromatic nitrogens is 1. The lowest BCUT2D eigenvalue weighted by atomic mass is 9.89. The SMILES string of the molecule is CCc1ccc2c(c1)c1cc(C(/C=C\Cc3ccccc3)=C/N)ccc1c1ccc(-c3ccc(-c4ccccc4)nc3)cc12. The maximum atomic E-state index is 6.17. The summed E-state index contributed by atoms with van der Waals surface area (Å²) in [7, 11) is 0. The fourth-order valence-corrected chi connectivity index (χ4v) is 6.16. The molecule has 44 heavy (non-hydrogen) atoms. The van der Waals surface area contributed by atoms with Gasteiger partial charge in [0, 0.05) is 23.5 Å². The molecule has 0 aliphatic carbocycles. The largest absolute Gasteiger partial charge is 0.404 e. The molecule has 0 saturated carbocycles. The van der Waals surface area contributed by atoms with Crippen molar-refractivity contribution in [1.29, 1.82) is 0 Å². The molecule has 1 heterocycles. The molecule has 0 bridgehead atoms. The number of hydrogen-bond donors (Lipinski definition) is 1. The van der Waals surface area contributed by atoms with Crippen molar-refractivity contribution in [3.05, 3.63) is 169 Å². The van der Waals surface area contributed by atoms with Gasteiger partial charge in [0.1, 0.15) is 0 Å². The molecule has 0 atom stereocenters. The predicted molar refractivity (Wildman–Crippen MR) is 188 cm³/mol. The fourth-order valence-electron chi connectivity index (χ4n) is 6.16. The van der Waals surface area contributed by atoms with Crippen molar-refractivity contribution in [2.75, 3.05) is 0 Å². The molecule has 0 fully saturated rings. The number of pyridine rings is 1. The summed E-state index contributed by atoms with van der Waals surface area (Å²) in [4.78, 5) is 4.79. The van der Waals surface area contributed by atoms with Gasteiger partial charge in [0.15, 0.2) is 0 Å². The van der Waals surface area contributed by atoms with E-state index in [2.05, 4.69) is 122 Å². The third kappa shape index (κ3) is 5.27. The molecule has 212 valence electrons. The van der Waals surface area contributed by atoms with Gasteiger partial charge in [0.2, 0.25) is 0 Å². The van der Waals surface area contributed by atoms with E-state index in [0.717, 1.165) is 40.8 Å². The van der Waals surface area contributed by atoms with Gasteiger partial charge in [-0.2, -0.15) is 0 Å². The van der Waals surface area contributed by atoms with Crippen LogP contribution < -0.4 is 5.73 Å². The van der Waals surface area contributed by atoms with E-state index >= 15 is 0 Å². The predicted octanol–water partition coefficient (Wildman–Crippen LogP) is 10.5. The minimum atomic E-state index is 0.867. The van der Waals surface area contributed by atoms with E-state index in [1.807, 2.05) is 30.5 Å². The molecule has 0 radical (unpaired) electrons. The standard InChI is InChI=1S/C42H34N2/c1-2-29-16-20-38-39(24-29)41-25-32(34(27-43)15-9-12-30-10-5-3-6-11-30)17-21-37(41)36-22-18-33(26-40(36)38)35-19-23-42(44-28-35)31-13-7-4-8-14-31/h3-11,13-28H,2,12,43H2,1H3/b15-9-,34-27+. The minimum Gasteiger partial charge on any atom is -0.404 e. The van der Waals surface area contributed by atoms with Crippen LogP contribution in [0.25, 0.3) is 60.3 Å². The third-order valence-corrected chi connectivity index (χ3v) is 8.57. The number of fused-ring (bicyclic) bond motifs is 6. The van der Waals surface area contributed by atoms with E-state index < -0.39 is 0 Å². The summed E-state index contributed by atoms with van der Waals surface area (Å²) in [5.41, 5.74) is 15.3. The van der Waals surface area contributed by atoms with Gasteiger partial charge >= 0.3 is 0 Å². The van der Waals surface area contributed by atoms with Crippen LogP contribution in [0.15, 0.2) is 152 Å². The second-order valence-corrected chi connectivity index (χ2v) is 11.3. The van der Waals surface area contributed by atoms with E-state index in [-0.39, 0.29) is 0 Å². The lowest BCUT2D eigenvalue weighted by molar-refractivity contribution is 1.15. The van der Waals surface area contributed by atoms with Crippen molar-refractivity contribution >= 4 is 37.9 Å². The topological polar surface area (TPSA) is 38.9 Å². The lowest BCUT2D eigenvalue weighted by Gasteiger charge is -2.15. The van der Waals surface area contributed by atoms with Gasteiger partial charge in [0.05, 0.1) is 5.69 Å². The van der Waals surface area contributed by atoms with Crippen LogP contribution in [0.2, 0.25) is 0 Å². The third-order valence-electron chi connectivity index (χ3n) is 8.57. The van der Waals surface area contributed by atoms with Crippen LogP contribution in [0.3, 0.4) is 0 Å². The second-order valence-electron chi connectivity index (χ2n) is 11.3. The van der Waals surface area contributed by atoms with Crippen molar-refractivity contribution in [2.45, 2.75) is 19.8 Å². The highest BCUT2D eigenvalue weighted by Crippen LogP contribution is 2.39. The Labute approximate surface area is 258 Å². The summed E-state index contributed by atoms with van der Waals surface area (Å²) in [6.07, 6.45) is 9.89. The van der Waals surface area contributed by atoms with Gasteiger partial charge in [0.25, 0.3) is 0 Å². The van der Waals surface area contributed by atoms with Crippen LogP contribution in [-0.4, -0.2) is 4.98 Å². The van der Waals surface area contributed by atoms with Crippen molar-refractivity contribution in [2.24, 2.45) is 5.73 Å². The Bertz CT molecular complexity index is 2160. The Kier molecular flexibility index (Phi) is 7.48. The number of allylic oxidation sites excluding steroid dienone is 3. The first-order valence-electron chi connectivity index (χ1n) is 15.3. The van der Waals surface area contributed by atoms with Crippen LogP contribution in [-0.2, 0) is 12.8 Å². The molecular formula is C42H34N2. The highest BCUT2D eigenvalue weighted by molar-refractivity contribution is 6.26. The summed E-state index contributed by atoms with van der Waals surface area (Å²) in [6.45, 7) is 2.22. The average molecular weight is 567 g/mol. The Balaban J connectivity index is 1.32. The van der Waals surface area contributed by atoms with Crippen LogP contribution in [0, 0.1) is 0 Å². The lowest BCUT2D eigenvalue weighted by Crippen LogP contribution is -1.91. The van der Waals surface area contributed by atoms with Crippen molar-refractivity contribution in [1.82, 2.24) is 4.98 Å². The molecule has 2 heteroatoms. The van der Waals surface area contributed by atoms with Crippen molar-refractivity contribution in [3.63, 3.8) is 0 Å². The Hall–Kier alpha value is -5.47. The van der Waals surface area contributed by atoms with Gasteiger partial charge in [-0.25, -0.2) is 0 Å². The minimum absolute atomic E-state index is 0.867. The van der Waals surface area contributed by atoms with E-state index in [1.165, 1.54) is 49.0 Å². The monoisotopic (exact) mass is 566 g/mol. The highest BCUT2D eigenvalue weighted by atomic mass is 14.7. The molecule has 6 aromatic carbocycles. The molecule has 2 nitrogen and oxygen atoms in total. The van der Waals surface area contributed by atoms with Gasteiger partial charge in [-0.15, -0.1) is 0 Å². The number of nitrogens with zero attached hydrogens (tertiary/aromatic N) is 1. The number of aryl methyl sites for hydroxylation is 1. The molecule has 0 aliphatic heterocycles. The van der Waals surface area contributed by atoms with Crippen LogP contribution in [0.4, 0.5) is 0 Å². The molecule has 7 rings (SSSR count). The quantitative estimate of drug-likeness (QED) is 0.154. The molecule has 0 unspecified atom stereocenters. The zero-order chi connectivity index (χ0) is 29.9. The maximum absolute atomic E-state index is 6.17. The van der Waals surface area contributed by atoms with Crippen molar-refractivity contribution in [3.8, 4) is 22.4 Å². The zero-order valence-electron chi connectivity index (χ0n) is 24.9. The first-order valence-corrected chi connectivity index (χ1v) is 15.3. The smallest absolute Gasteiger partial charge is 0.0702 e. The first-order chi connectivity index (χ1) is 21.7. The molecular weight excluding hydrogens is 532 g/mol. The van der Waals surface area contributed by atoms with Crippen molar-refractivity contribution < 1.29 is 0 Å². The summed E-state index contributed by atoms with van der Waals surface area (Å²) >= 11 is 0. The van der Waals surface area contributed by atoms with E-state index in [1.54, 1.807) is 6.20 Å². The Morgan fingerprint density at radius 3 is 1.98 bits per heavy atom. The summed E-state index contributed by atoms with van der Waals surface area (Å²) in [5.74, 6) is 0. The zero-order valence-corrected chi connectivity index (χ0v) is 24.9.